The Morgan fingerprint density at radius 1 is 1.25 bits per heavy atom. The summed E-state index contributed by atoms with van der Waals surface area (Å²) >= 11 is 0. The minimum absolute atomic E-state index is 0.00985. The van der Waals surface area contributed by atoms with E-state index in [4.69, 9.17) is 9.47 Å². The largest absolute Gasteiger partial charge is 0.497 e. The van der Waals surface area contributed by atoms with Gasteiger partial charge in [0.25, 0.3) is 0 Å². The van der Waals surface area contributed by atoms with Crippen molar-refractivity contribution in [3.63, 3.8) is 0 Å². The van der Waals surface area contributed by atoms with Crippen LogP contribution >= 0.6 is 0 Å². The summed E-state index contributed by atoms with van der Waals surface area (Å²) in [5.74, 6) is 1.46. The lowest BCUT2D eigenvalue weighted by molar-refractivity contribution is -0.127. The topological polar surface area (TPSA) is 50.8 Å². The smallest absolute Gasteiger partial charge is 0.246 e. The first-order valence-corrected chi connectivity index (χ1v) is 8.80. The van der Waals surface area contributed by atoms with Crippen LogP contribution in [0.5, 0.6) is 5.75 Å². The van der Waals surface area contributed by atoms with Gasteiger partial charge in [0.2, 0.25) is 5.91 Å². The Morgan fingerprint density at radius 3 is 2.50 bits per heavy atom. The van der Waals surface area contributed by atoms with Crippen LogP contribution in [-0.2, 0) is 16.1 Å². The lowest BCUT2D eigenvalue weighted by Gasteiger charge is -2.32. The third kappa shape index (κ3) is 6.49. The molecule has 0 aromatic heterocycles. The van der Waals surface area contributed by atoms with E-state index >= 15 is 0 Å². The zero-order chi connectivity index (χ0) is 17.4. The van der Waals surface area contributed by atoms with E-state index in [0.29, 0.717) is 5.92 Å². The number of likely N-dealkylation sites (tertiary alicyclic amines) is 1. The zero-order valence-electron chi connectivity index (χ0n) is 15.1. The number of nitrogens with one attached hydrogen (secondary N) is 1. The fourth-order valence-corrected chi connectivity index (χ4v) is 2.89. The molecule has 1 aliphatic heterocycles. The molecule has 1 N–H and O–H groups in total. The highest BCUT2D eigenvalue weighted by Crippen LogP contribution is 2.19. The molecular weight excluding hydrogens is 304 g/mol. The second-order valence-electron chi connectivity index (χ2n) is 6.73. The first-order chi connectivity index (χ1) is 11.6. The lowest BCUT2D eigenvalue weighted by atomic mass is 9.96. The Bertz CT molecular complexity index is 494. The number of nitrogens with zero attached hydrogens (tertiary/aromatic N) is 1. The molecule has 1 fully saturated rings. The highest BCUT2D eigenvalue weighted by atomic mass is 16.5. The van der Waals surface area contributed by atoms with Gasteiger partial charge in [-0.15, -0.1) is 0 Å². The molecule has 5 nitrogen and oxygen atoms in total. The van der Waals surface area contributed by atoms with Gasteiger partial charge in [-0.2, -0.15) is 0 Å². The van der Waals surface area contributed by atoms with Gasteiger partial charge < -0.3 is 14.8 Å². The Balaban J connectivity index is 1.64. The molecule has 1 amide bonds. The Labute approximate surface area is 145 Å². The Kier molecular flexibility index (Phi) is 7.53. The monoisotopic (exact) mass is 334 g/mol. The highest BCUT2D eigenvalue weighted by molar-refractivity contribution is 5.77. The van der Waals surface area contributed by atoms with E-state index in [-0.39, 0.29) is 18.6 Å². The maximum absolute atomic E-state index is 11.7. The Hall–Kier alpha value is -1.59. The van der Waals surface area contributed by atoms with Crippen LogP contribution in [0.4, 0.5) is 0 Å². The van der Waals surface area contributed by atoms with Crippen molar-refractivity contribution in [3.8, 4) is 5.75 Å². The lowest BCUT2D eigenvalue weighted by Crippen LogP contribution is -2.39. The molecule has 0 atom stereocenters. The number of piperidine rings is 1. The summed E-state index contributed by atoms with van der Waals surface area (Å²) in [6, 6.07) is 8.27. The molecule has 1 aliphatic rings. The zero-order valence-corrected chi connectivity index (χ0v) is 15.1. The first-order valence-electron chi connectivity index (χ1n) is 8.80. The van der Waals surface area contributed by atoms with E-state index in [9.17, 15) is 4.79 Å². The second kappa shape index (κ2) is 9.64. The molecule has 5 heteroatoms. The number of carbonyl (C=O) groups excluding carboxylic acids is 1. The van der Waals surface area contributed by atoms with Gasteiger partial charge in [0.1, 0.15) is 12.4 Å². The van der Waals surface area contributed by atoms with E-state index in [1.54, 1.807) is 7.11 Å². The minimum atomic E-state index is -0.00985. The molecule has 1 saturated heterocycles. The van der Waals surface area contributed by atoms with Gasteiger partial charge in [0, 0.05) is 13.1 Å². The summed E-state index contributed by atoms with van der Waals surface area (Å²) in [7, 11) is 1.69. The standard InChI is InChI=1S/C19H30N2O3/c1-15(2)24-14-19(22)20-12-16-8-10-21(11-9-16)13-17-4-6-18(23-3)7-5-17/h4-7,15-16H,8-14H2,1-3H3,(H,20,22). The van der Waals surface area contributed by atoms with E-state index < -0.39 is 0 Å². The molecule has 1 heterocycles. The molecule has 24 heavy (non-hydrogen) atoms. The van der Waals surface area contributed by atoms with Gasteiger partial charge in [-0.05, 0) is 63.4 Å². The molecule has 0 unspecified atom stereocenters. The third-order valence-corrected chi connectivity index (χ3v) is 4.41. The van der Waals surface area contributed by atoms with Crippen molar-refractivity contribution >= 4 is 5.91 Å². The SMILES string of the molecule is COc1ccc(CN2CCC(CNC(=O)COC(C)C)CC2)cc1. The molecule has 1 aromatic carbocycles. The van der Waals surface area contributed by atoms with Crippen molar-refractivity contribution in [1.29, 1.82) is 0 Å². The van der Waals surface area contributed by atoms with Crippen LogP contribution in [0.15, 0.2) is 24.3 Å². The van der Waals surface area contributed by atoms with Gasteiger partial charge >= 0.3 is 0 Å². The minimum Gasteiger partial charge on any atom is -0.497 e. The summed E-state index contributed by atoms with van der Waals surface area (Å²) < 4.78 is 10.5. The van der Waals surface area contributed by atoms with Crippen molar-refractivity contribution in [2.24, 2.45) is 5.92 Å². The number of hydrogen-bond donors (Lipinski definition) is 1. The molecule has 0 aliphatic carbocycles. The van der Waals surface area contributed by atoms with Crippen LogP contribution in [-0.4, -0.2) is 50.3 Å². The summed E-state index contributed by atoms with van der Waals surface area (Å²) in [4.78, 5) is 14.2. The fraction of sp³-hybridized carbons (Fsp3) is 0.632. The van der Waals surface area contributed by atoms with Crippen LogP contribution in [0.1, 0.15) is 32.3 Å². The number of rotatable bonds is 8. The normalized spacial score (nSPS) is 16.3. The molecular formula is C19H30N2O3. The van der Waals surface area contributed by atoms with Crippen molar-refractivity contribution in [3.05, 3.63) is 29.8 Å². The molecule has 0 bridgehead atoms. The summed E-state index contributed by atoms with van der Waals surface area (Å²) in [6.45, 7) is 7.93. The van der Waals surface area contributed by atoms with Gasteiger partial charge in [-0.1, -0.05) is 12.1 Å². The van der Waals surface area contributed by atoms with Crippen LogP contribution in [0.25, 0.3) is 0 Å². The van der Waals surface area contributed by atoms with Gasteiger partial charge in [-0.3, -0.25) is 9.69 Å². The van der Waals surface area contributed by atoms with Gasteiger partial charge in [-0.25, -0.2) is 0 Å². The fourth-order valence-electron chi connectivity index (χ4n) is 2.89. The number of ether oxygens (including phenoxy) is 2. The highest BCUT2D eigenvalue weighted by Gasteiger charge is 2.19. The Morgan fingerprint density at radius 2 is 1.92 bits per heavy atom. The van der Waals surface area contributed by atoms with Crippen LogP contribution in [0, 0.1) is 5.92 Å². The number of carbonyl (C=O) groups is 1. The number of amides is 1. The first kappa shape index (κ1) is 18.7. The van der Waals surface area contributed by atoms with Crippen molar-refractivity contribution in [2.75, 3.05) is 33.4 Å². The maximum Gasteiger partial charge on any atom is 0.246 e. The van der Waals surface area contributed by atoms with E-state index in [1.165, 1.54) is 5.56 Å². The molecule has 1 aromatic rings. The van der Waals surface area contributed by atoms with Crippen LogP contribution in [0.3, 0.4) is 0 Å². The van der Waals surface area contributed by atoms with Crippen LogP contribution in [0.2, 0.25) is 0 Å². The average molecular weight is 334 g/mol. The second-order valence-corrected chi connectivity index (χ2v) is 6.73. The third-order valence-electron chi connectivity index (χ3n) is 4.41. The van der Waals surface area contributed by atoms with Crippen molar-refractivity contribution < 1.29 is 14.3 Å². The molecule has 2 rings (SSSR count). The van der Waals surface area contributed by atoms with E-state index in [1.807, 2.05) is 26.0 Å². The van der Waals surface area contributed by atoms with Gasteiger partial charge in [0.05, 0.1) is 13.2 Å². The molecule has 134 valence electrons. The number of methoxy groups -OCH3 is 1. The summed E-state index contributed by atoms with van der Waals surface area (Å²) in [6.07, 6.45) is 2.35. The number of benzene rings is 1. The predicted molar refractivity (Wildman–Crippen MR) is 95.1 cm³/mol. The van der Waals surface area contributed by atoms with Crippen LogP contribution < -0.4 is 10.1 Å². The quantitative estimate of drug-likeness (QED) is 0.793. The van der Waals surface area contributed by atoms with Crippen molar-refractivity contribution in [2.45, 2.75) is 39.3 Å². The predicted octanol–water partition coefficient (Wildman–Crippen LogP) is 2.45. The molecule has 0 saturated carbocycles. The average Bonchev–Trinajstić information content (AvgIpc) is 2.60. The molecule has 0 radical (unpaired) electrons. The maximum atomic E-state index is 11.7. The van der Waals surface area contributed by atoms with Crippen molar-refractivity contribution in [1.82, 2.24) is 10.2 Å². The van der Waals surface area contributed by atoms with Gasteiger partial charge in [0.15, 0.2) is 0 Å². The number of hydrogen-bond acceptors (Lipinski definition) is 4. The van der Waals surface area contributed by atoms with E-state index in [0.717, 1.165) is 44.8 Å². The molecule has 0 spiro atoms. The summed E-state index contributed by atoms with van der Waals surface area (Å²) in [5.41, 5.74) is 1.31. The van der Waals surface area contributed by atoms with E-state index in [2.05, 4.69) is 22.3 Å². The summed E-state index contributed by atoms with van der Waals surface area (Å²) in [5, 5.41) is 2.99.